The van der Waals surface area contributed by atoms with E-state index in [1.54, 1.807) is 18.2 Å². The second-order valence-corrected chi connectivity index (χ2v) is 5.71. The molecule has 1 fully saturated rings. The maximum Gasteiger partial charge on any atom is 0.168 e. The Bertz CT molecular complexity index is 431. The van der Waals surface area contributed by atoms with Gasteiger partial charge in [0.05, 0.1) is 0 Å². The topological polar surface area (TPSA) is 37.3 Å². The van der Waals surface area contributed by atoms with Crippen molar-refractivity contribution in [2.75, 3.05) is 0 Å². The van der Waals surface area contributed by atoms with Gasteiger partial charge in [0.25, 0.3) is 0 Å². The fourth-order valence-electron chi connectivity index (χ4n) is 2.44. The SMILES string of the molecule is O=C(Cc1c(Cl)cccc1Cl)C1(O)CCCCC1. The molecular weight excluding hydrogens is 271 g/mol. The van der Waals surface area contributed by atoms with Gasteiger partial charge in [-0.25, -0.2) is 0 Å². The molecule has 1 aromatic rings. The first-order valence-corrected chi connectivity index (χ1v) is 6.97. The Morgan fingerprint density at radius 1 is 1.17 bits per heavy atom. The Morgan fingerprint density at radius 3 is 2.28 bits per heavy atom. The predicted octanol–water partition coefficient (Wildman–Crippen LogP) is 3.80. The zero-order chi connectivity index (χ0) is 13.2. The lowest BCUT2D eigenvalue weighted by molar-refractivity contribution is -0.139. The molecule has 1 aliphatic carbocycles. The summed E-state index contributed by atoms with van der Waals surface area (Å²) in [6.45, 7) is 0. The summed E-state index contributed by atoms with van der Waals surface area (Å²) in [7, 11) is 0. The highest BCUT2D eigenvalue weighted by Gasteiger charge is 2.36. The predicted molar refractivity (Wildman–Crippen MR) is 73.2 cm³/mol. The molecule has 0 saturated heterocycles. The fraction of sp³-hybridized carbons (Fsp3) is 0.500. The quantitative estimate of drug-likeness (QED) is 0.918. The number of hydrogen-bond donors (Lipinski definition) is 1. The smallest absolute Gasteiger partial charge is 0.168 e. The fourth-order valence-corrected chi connectivity index (χ4v) is 2.97. The van der Waals surface area contributed by atoms with E-state index in [4.69, 9.17) is 23.2 Å². The van der Waals surface area contributed by atoms with Gasteiger partial charge in [0, 0.05) is 16.5 Å². The molecule has 0 aromatic heterocycles. The van der Waals surface area contributed by atoms with Crippen molar-refractivity contribution in [1.29, 1.82) is 0 Å². The third kappa shape index (κ3) is 2.87. The molecular formula is C14H16Cl2O2. The zero-order valence-electron chi connectivity index (χ0n) is 10.1. The van der Waals surface area contributed by atoms with Gasteiger partial charge >= 0.3 is 0 Å². The summed E-state index contributed by atoms with van der Waals surface area (Å²) in [5.41, 5.74) is -0.564. The van der Waals surface area contributed by atoms with Crippen molar-refractivity contribution in [2.24, 2.45) is 0 Å². The van der Waals surface area contributed by atoms with Gasteiger partial charge in [-0.3, -0.25) is 4.79 Å². The third-order valence-corrected chi connectivity index (χ3v) is 4.31. The number of Topliss-reactive ketones (excluding diaryl/α,β-unsaturated/α-hetero) is 1. The molecule has 0 spiro atoms. The van der Waals surface area contributed by atoms with Crippen molar-refractivity contribution in [3.63, 3.8) is 0 Å². The average molecular weight is 287 g/mol. The first-order valence-electron chi connectivity index (χ1n) is 6.21. The molecule has 0 heterocycles. The number of carbonyl (C=O) groups is 1. The number of hydrogen-bond acceptors (Lipinski definition) is 2. The van der Waals surface area contributed by atoms with Gasteiger partial charge in [-0.05, 0) is 30.5 Å². The van der Waals surface area contributed by atoms with Crippen LogP contribution in [-0.2, 0) is 11.2 Å². The average Bonchev–Trinajstić information content (AvgIpc) is 2.34. The normalized spacial score (nSPS) is 18.6. The van der Waals surface area contributed by atoms with E-state index in [2.05, 4.69) is 0 Å². The Labute approximate surface area is 117 Å². The highest BCUT2D eigenvalue weighted by molar-refractivity contribution is 6.36. The maximum atomic E-state index is 12.2. The Morgan fingerprint density at radius 2 is 1.72 bits per heavy atom. The first-order chi connectivity index (χ1) is 8.53. The number of benzene rings is 1. The van der Waals surface area contributed by atoms with Crippen LogP contribution in [0.5, 0.6) is 0 Å². The van der Waals surface area contributed by atoms with Crippen LogP contribution in [-0.4, -0.2) is 16.5 Å². The molecule has 0 aliphatic heterocycles. The van der Waals surface area contributed by atoms with Crippen molar-refractivity contribution >= 4 is 29.0 Å². The van der Waals surface area contributed by atoms with E-state index in [0.29, 0.717) is 28.5 Å². The monoisotopic (exact) mass is 286 g/mol. The van der Waals surface area contributed by atoms with Gasteiger partial charge in [-0.1, -0.05) is 48.5 Å². The summed E-state index contributed by atoms with van der Waals surface area (Å²) in [4.78, 5) is 12.2. The number of rotatable bonds is 3. The van der Waals surface area contributed by atoms with Gasteiger partial charge in [0.1, 0.15) is 5.60 Å². The van der Waals surface area contributed by atoms with E-state index < -0.39 is 5.60 Å². The second kappa shape index (κ2) is 5.60. The summed E-state index contributed by atoms with van der Waals surface area (Å²) in [5, 5.41) is 11.3. The molecule has 2 rings (SSSR count). The van der Waals surface area contributed by atoms with Crippen LogP contribution < -0.4 is 0 Å². The van der Waals surface area contributed by atoms with Crippen LogP contribution in [0.2, 0.25) is 10.0 Å². The first kappa shape index (κ1) is 13.9. The molecule has 1 aliphatic rings. The molecule has 1 N–H and O–H groups in total. The van der Waals surface area contributed by atoms with E-state index in [-0.39, 0.29) is 12.2 Å². The molecule has 0 atom stereocenters. The van der Waals surface area contributed by atoms with Crippen molar-refractivity contribution in [1.82, 2.24) is 0 Å². The largest absolute Gasteiger partial charge is 0.382 e. The summed E-state index contributed by atoms with van der Waals surface area (Å²) in [6.07, 6.45) is 4.09. The second-order valence-electron chi connectivity index (χ2n) is 4.89. The summed E-state index contributed by atoms with van der Waals surface area (Å²) < 4.78 is 0. The molecule has 0 radical (unpaired) electrons. The molecule has 4 heteroatoms. The number of ketones is 1. The van der Waals surface area contributed by atoms with Gasteiger partial charge in [-0.15, -0.1) is 0 Å². The van der Waals surface area contributed by atoms with Crippen LogP contribution in [0.15, 0.2) is 18.2 Å². The summed E-state index contributed by atoms with van der Waals surface area (Å²) in [6, 6.07) is 5.16. The highest BCUT2D eigenvalue weighted by atomic mass is 35.5. The number of carbonyl (C=O) groups excluding carboxylic acids is 1. The Hall–Kier alpha value is -0.570. The number of halogens is 2. The molecule has 1 saturated carbocycles. The minimum Gasteiger partial charge on any atom is -0.382 e. The highest BCUT2D eigenvalue weighted by Crippen LogP contribution is 2.32. The van der Waals surface area contributed by atoms with Crippen molar-refractivity contribution in [2.45, 2.75) is 44.1 Å². The van der Waals surface area contributed by atoms with Gasteiger partial charge in [0.15, 0.2) is 5.78 Å². The zero-order valence-corrected chi connectivity index (χ0v) is 11.6. The number of aliphatic hydroxyl groups is 1. The Balaban J connectivity index is 2.16. The lowest BCUT2D eigenvalue weighted by atomic mass is 9.80. The van der Waals surface area contributed by atoms with Crippen LogP contribution >= 0.6 is 23.2 Å². The van der Waals surface area contributed by atoms with Crippen LogP contribution in [0.1, 0.15) is 37.7 Å². The van der Waals surface area contributed by atoms with Crippen molar-refractivity contribution in [3.8, 4) is 0 Å². The lowest BCUT2D eigenvalue weighted by Crippen LogP contribution is -2.41. The van der Waals surface area contributed by atoms with E-state index in [1.807, 2.05) is 0 Å². The van der Waals surface area contributed by atoms with Crippen molar-refractivity contribution in [3.05, 3.63) is 33.8 Å². The molecule has 1 aromatic carbocycles. The molecule has 0 amide bonds. The summed E-state index contributed by atoms with van der Waals surface area (Å²) in [5.74, 6) is -0.169. The third-order valence-electron chi connectivity index (χ3n) is 3.60. The van der Waals surface area contributed by atoms with E-state index in [1.165, 1.54) is 0 Å². The maximum absolute atomic E-state index is 12.2. The Kier molecular flexibility index (Phi) is 4.31. The molecule has 98 valence electrons. The molecule has 18 heavy (non-hydrogen) atoms. The van der Waals surface area contributed by atoms with Crippen molar-refractivity contribution < 1.29 is 9.90 Å². The van der Waals surface area contributed by atoms with E-state index in [0.717, 1.165) is 19.3 Å². The van der Waals surface area contributed by atoms with Crippen LogP contribution in [0, 0.1) is 0 Å². The van der Waals surface area contributed by atoms with E-state index in [9.17, 15) is 9.90 Å². The van der Waals surface area contributed by atoms with Crippen LogP contribution in [0.25, 0.3) is 0 Å². The summed E-state index contributed by atoms with van der Waals surface area (Å²) >= 11 is 12.1. The minimum atomic E-state index is -1.18. The molecule has 0 unspecified atom stereocenters. The molecule has 0 bridgehead atoms. The van der Waals surface area contributed by atoms with Gasteiger partial charge in [0.2, 0.25) is 0 Å². The van der Waals surface area contributed by atoms with E-state index >= 15 is 0 Å². The van der Waals surface area contributed by atoms with Gasteiger partial charge < -0.3 is 5.11 Å². The standard InChI is InChI=1S/C14H16Cl2O2/c15-11-5-4-6-12(16)10(11)9-13(17)14(18)7-2-1-3-8-14/h4-6,18H,1-3,7-9H2. The van der Waals surface area contributed by atoms with Gasteiger partial charge in [-0.2, -0.15) is 0 Å². The van der Waals surface area contributed by atoms with Crippen LogP contribution in [0.4, 0.5) is 0 Å². The lowest BCUT2D eigenvalue weighted by Gasteiger charge is -2.30. The molecule has 2 nitrogen and oxygen atoms in total. The minimum absolute atomic E-state index is 0.106. The van der Waals surface area contributed by atoms with Crippen LogP contribution in [0.3, 0.4) is 0 Å².